The summed E-state index contributed by atoms with van der Waals surface area (Å²) in [5.41, 5.74) is 3.27. The maximum absolute atomic E-state index is 12.2. The molecule has 4 rings (SSSR count). The third-order valence-corrected chi connectivity index (χ3v) is 5.15. The van der Waals surface area contributed by atoms with E-state index < -0.39 is 0 Å². The lowest BCUT2D eigenvalue weighted by Crippen LogP contribution is -2.20. The minimum atomic E-state index is -0.330. The summed E-state index contributed by atoms with van der Waals surface area (Å²) in [7, 11) is 0. The van der Waals surface area contributed by atoms with E-state index in [0.717, 1.165) is 41.3 Å². The molecule has 0 saturated heterocycles. The van der Waals surface area contributed by atoms with Crippen LogP contribution in [0.1, 0.15) is 17.5 Å². The predicted octanol–water partition coefficient (Wildman–Crippen LogP) is 4.34. The molecular formula is C20H16Cl2N2O3. The molecule has 1 amide bonds. The first-order valence-electron chi connectivity index (χ1n) is 8.57. The van der Waals surface area contributed by atoms with Crippen LogP contribution < -0.4 is 15.6 Å². The van der Waals surface area contributed by atoms with Crippen LogP contribution in [0.4, 0.5) is 5.69 Å². The first-order chi connectivity index (χ1) is 13.0. The second kappa shape index (κ2) is 7.25. The van der Waals surface area contributed by atoms with Gasteiger partial charge >= 0.3 is 0 Å². The molecule has 1 heterocycles. The van der Waals surface area contributed by atoms with Crippen LogP contribution >= 0.6 is 23.2 Å². The number of rotatable bonds is 4. The summed E-state index contributed by atoms with van der Waals surface area (Å²) in [6.07, 6.45) is 2.74. The van der Waals surface area contributed by atoms with Crippen LogP contribution in [-0.4, -0.2) is 17.5 Å². The highest BCUT2D eigenvalue weighted by Gasteiger charge is 2.18. The Bertz CT molecular complexity index is 1110. The number of aromatic amines is 1. The zero-order valence-corrected chi connectivity index (χ0v) is 15.8. The number of benzene rings is 2. The minimum Gasteiger partial charge on any atom is -0.482 e. The first-order valence-corrected chi connectivity index (χ1v) is 9.32. The second-order valence-electron chi connectivity index (χ2n) is 6.44. The lowest BCUT2D eigenvalue weighted by atomic mass is 10.1. The Morgan fingerprint density at radius 3 is 2.74 bits per heavy atom. The average Bonchev–Trinajstić information content (AvgIpc) is 3.11. The predicted molar refractivity (Wildman–Crippen MR) is 107 cm³/mol. The van der Waals surface area contributed by atoms with Crippen LogP contribution in [0, 0.1) is 0 Å². The molecule has 2 aromatic carbocycles. The van der Waals surface area contributed by atoms with Gasteiger partial charge in [-0.3, -0.25) is 9.59 Å². The molecule has 7 heteroatoms. The van der Waals surface area contributed by atoms with E-state index in [1.54, 1.807) is 24.3 Å². The standard InChI is InChI=1S/C20H16Cl2N2O3/c21-11-4-7-18(16(22)8-11)27-10-19(25)23-12-5-6-14-13-2-1-3-15(13)20(26)24-17(14)9-12/h4-9H,1-3,10H2,(H,23,25)(H,24,26). The SMILES string of the molecule is O=C(COc1ccc(Cl)cc1Cl)Nc1ccc2c3c(c(=O)[nH]c2c1)CCC3. The summed E-state index contributed by atoms with van der Waals surface area (Å²) < 4.78 is 5.43. The quantitative estimate of drug-likeness (QED) is 0.681. The number of halogens is 2. The van der Waals surface area contributed by atoms with E-state index in [0.29, 0.717) is 21.5 Å². The topological polar surface area (TPSA) is 71.2 Å². The number of amides is 1. The van der Waals surface area contributed by atoms with Crippen LogP contribution in [-0.2, 0) is 17.6 Å². The molecule has 1 aliphatic rings. The normalized spacial score (nSPS) is 12.8. The van der Waals surface area contributed by atoms with Crippen LogP contribution in [0.25, 0.3) is 10.9 Å². The summed E-state index contributed by atoms with van der Waals surface area (Å²) in [5.74, 6) is 0.0542. The van der Waals surface area contributed by atoms with Gasteiger partial charge in [0.2, 0.25) is 0 Å². The number of H-pyrrole nitrogens is 1. The van der Waals surface area contributed by atoms with Gasteiger partial charge in [0, 0.05) is 21.7 Å². The molecule has 1 aliphatic carbocycles. The maximum Gasteiger partial charge on any atom is 0.262 e. The van der Waals surface area contributed by atoms with Crippen molar-refractivity contribution in [2.75, 3.05) is 11.9 Å². The summed E-state index contributed by atoms with van der Waals surface area (Å²) in [6.45, 7) is -0.194. The molecule has 2 N–H and O–H groups in total. The molecule has 0 atom stereocenters. The molecule has 0 unspecified atom stereocenters. The van der Waals surface area contributed by atoms with E-state index in [-0.39, 0.29) is 18.1 Å². The molecule has 0 spiro atoms. The molecule has 27 heavy (non-hydrogen) atoms. The van der Waals surface area contributed by atoms with Gasteiger partial charge in [0.05, 0.1) is 10.5 Å². The molecule has 1 aromatic heterocycles. The lowest BCUT2D eigenvalue weighted by molar-refractivity contribution is -0.118. The van der Waals surface area contributed by atoms with Crippen molar-refractivity contribution in [3.63, 3.8) is 0 Å². The van der Waals surface area contributed by atoms with Crippen molar-refractivity contribution in [2.45, 2.75) is 19.3 Å². The van der Waals surface area contributed by atoms with Crippen molar-refractivity contribution in [1.82, 2.24) is 4.98 Å². The van der Waals surface area contributed by atoms with Gasteiger partial charge in [0.25, 0.3) is 11.5 Å². The van der Waals surface area contributed by atoms with E-state index in [9.17, 15) is 9.59 Å². The van der Waals surface area contributed by atoms with Crippen molar-refractivity contribution in [3.8, 4) is 5.75 Å². The molecule has 0 radical (unpaired) electrons. The highest BCUT2D eigenvalue weighted by molar-refractivity contribution is 6.35. The van der Waals surface area contributed by atoms with Crippen LogP contribution in [0.3, 0.4) is 0 Å². The molecule has 3 aromatic rings. The van der Waals surface area contributed by atoms with Crippen molar-refractivity contribution >= 4 is 45.7 Å². The summed E-state index contributed by atoms with van der Waals surface area (Å²) in [4.78, 5) is 27.3. The number of carbonyl (C=O) groups is 1. The first kappa shape index (κ1) is 17.9. The van der Waals surface area contributed by atoms with Crippen molar-refractivity contribution in [2.24, 2.45) is 0 Å². The molecule has 0 fully saturated rings. The zero-order chi connectivity index (χ0) is 19.0. The van der Waals surface area contributed by atoms with Gasteiger partial charge in [0.1, 0.15) is 5.75 Å². The number of anilines is 1. The Morgan fingerprint density at radius 1 is 1.11 bits per heavy atom. The Labute approximate surface area is 165 Å². The monoisotopic (exact) mass is 402 g/mol. The number of hydrogen-bond donors (Lipinski definition) is 2. The molecule has 5 nitrogen and oxygen atoms in total. The van der Waals surface area contributed by atoms with Crippen LogP contribution in [0.5, 0.6) is 5.75 Å². The van der Waals surface area contributed by atoms with Crippen molar-refractivity contribution in [1.29, 1.82) is 0 Å². The van der Waals surface area contributed by atoms with E-state index in [1.807, 2.05) is 12.1 Å². The van der Waals surface area contributed by atoms with Crippen molar-refractivity contribution in [3.05, 3.63) is 67.9 Å². The fourth-order valence-electron chi connectivity index (χ4n) is 3.41. The summed E-state index contributed by atoms with van der Waals surface area (Å²) in [6, 6.07) is 10.3. The van der Waals surface area contributed by atoms with E-state index in [1.165, 1.54) is 0 Å². The average molecular weight is 403 g/mol. The number of carbonyl (C=O) groups excluding carboxylic acids is 1. The lowest BCUT2D eigenvalue weighted by Gasteiger charge is -2.10. The van der Waals surface area contributed by atoms with E-state index in [2.05, 4.69) is 10.3 Å². The third kappa shape index (κ3) is 3.66. The molecule has 0 saturated carbocycles. The Morgan fingerprint density at radius 2 is 1.93 bits per heavy atom. The van der Waals surface area contributed by atoms with Crippen molar-refractivity contribution < 1.29 is 9.53 Å². The number of aromatic nitrogens is 1. The molecular weight excluding hydrogens is 387 g/mol. The van der Waals surface area contributed by atoms with Gasteiger partial charge in [-0.25, -0.2) is 0 Å². The second-order valence-corrected chi connectivity index (χ2v) is 7.28. The summed E-state index contributed by atoms with van der Waals surface area (Å²) in [5, 5.41) is 4.63. The smallest absolute Gasteiger partial charge is 0.262 e. The fourth-order valence-corrected chi connectivity index (χ4v) is 3.87. The van der Waals surface area contributed by atoms with Gasteiger partial charge in [-0.15, -0.1) is 0 Å². The molecule has 0 bridgehead atoms. The van der Waals surface area contributed by atoms with E-state index >= 15 is 0 Å². The number of nitrogens with one attached hydrogen (secondary N) is 2. The third-order valence-electron chi connectivity index (χ3n) is 4.62. The number of pyridine rings is 1. The summed E-state index contributed by atoms with van der Waals surface area (Å²) >= 11 is 11.9. The van der Waals surface area contributed by atoms with Crippen LogP contribution in [0.2, 0.25) is 10.0 Å². The fraction of sp³-hybridized carbons (Fsp3) is 0.200. The molecule has 0 aliphatic heterocycles. The Hall–Kier alpha value is -2.50. The highest BCUT2D eigenvalue weighted by atomic mass is 35.5. The zero-order valence-electron chi connectivity index (χ0n) is 14.3. The largest absolute Gasteiger partial charge is 0.482 e. The van der Waals surface area contributed by atoms with Gasteiger partial charge in [-0.1, -0.05) is 29.3 Å². The Balaban J connectivity index is 1.49. The number of hydrogen-bond acceptors (Lipinski definition) is 3. The maximum atomic E-state index is 12.2. The van der Waals surface area contributed by atoms with Gasteiger partial charge < -0.3 is 15.0 Å². The molecule has 138 valence electrons. The Kier molecular flexibility index (Phi) is 4.81. The number of ether oxygens (including phenoxy) is 1. The minimum absolute atomic E-state index is 0.0424. The van der Waals surface area contributed by atoms with Gasteiger partial charge in [-0.2, -0.15) is 0 Å². The van der Waals surface area contributed by atoms with E-state index in [4.69, 9.17) is 27.9 Å². The number of fused-ring (bicyclic) bond motifs is 3. The van der Waals surface area contributed by atoms with Crippen LogP contribution in [0.15, 0.2) is 41.2 Å². The highest BCUT2D eigenvalue weighted by Crippen LogP contribution is 2.29. The number of aryl methyl sites for hydroxylation is 1. The van der Waals surface area contributed by atoms with Gasteiger partial charge in [0.15, 0.2) is 6.61 Å². The van der Waals surface area contributed by atoms with Gasteiger partial charge in [-0.05, 0) is 55.2 Å².